The first-order chi connectivity index (χ1) is 9.56. The third-order valence-electron chi connectivity index (χ3n) is 2.83. The van der Waals surface area contributed by atoms with E-state index in [1.165, 1.54) is 30.5 Å². The molecule has 1 aliphatic heterocycles. The fourth-order valence-corrected chi connectivity index (χ4v) is 1.69. The summed E-state index contributed by atoms with van der Waals surface area (Å²) in [5.74, 6) is -1.57. The van der Waals surface area contributed by atoms with Crippen LogP contribution in [0.3, 0.4) is 0 Å². The van der Waals surface area contributed by atoms with E-state index in [0.29, 0.717) is 11.3 Å². The molecule has 0 spiro atoms. The van der Waals surface area contributed by atoms with Crippen molar-refractivity contribution in [1.29, 1.82) is 0 Å². The van der Waals surface area contributed by atoms with E-state index >= 15 is 0 Å². The lowest BCUT2D eigenvalue weighted by Crippen LogP contribution is -2.29. The summed E-state index contributed by atoms with van der Waals surface area (Å²) >= 11 is 0. The van der Waals surface area contributed by atoms with Gasteiger partial charge >= 0.3 is 0 Å². The fourth-order valence-electron chi connectivity index (χ4n) is 1.69. The van der Waals surface area contributed by atoms with Crippen LogP contribution in [0.2, 0.25) is 0 Å². The van der Waals surface area contributed by atoms with Crippen LogP contribution in [0, 0.1) is 11.7 Å². The molecule has 0 saturated carbocycles. The Morgan fingerprint density at radius 1 is 1.50 bits per heavy atom. The van der Waals surface area contributed by atoms with Gasteiger partial charge in [-0.1, -0.05) is 12.1 Å². The molecular weight excluding hydrogens is 263 g/mol. The van der Waals surface area contributed by atoms with Crippen molar-refractivity contribution < 1.29 is 14.0 Å². The predicted molar refractivity (Wildman–Crippen MR) is 71.5 cm³/mol. The lowest BCUT2D eigenvalue weighted by molar-refractivity contribution is -0.127. The molecule has 1 aliphatic rings. The zero-order valence-electron chi connectivity index (χ0n) is 10.8. The van der Waals surface area contributed by atoms with E-state index in [1.54, 1.807) is 6.92 Å². The van der Waals surface area contributed by atoms with Gasteiger partial charge in [-0.05, 0) is 24.6 Å². The molecule has 0 bridgehead atoms. The van der Waals surface area contributed by atoms with Gasteiger partial charge in [-0.25, -0.2) is 15.2 Å². The minimum absolute atomic E-state index is 0.0120. The summed E-state index contributed by atoms with van der Waals surface area (Å²) in [4.78, 5) is 23.0. The maximum absolute atomic E-state index is 12.7. The maximum Gasteiger partial charge on any atom is 0.249 e. The number of hydrogen-bond donors (Lipinski definition) is 2. The van der Waals surface area contributed by atoms with Crippen molar-refractivity contribution in [1.82, 2.24) is 10.9 Å². The minimum Gasteiger partial charge on any atom is -0.273 e. The number of hydrogen-bond acceptors (Lipinski definition) is 4. The highest BCUT2D eigenvalue weighted by Gasteiger charge is 2.28. The average Bonchev–Trinajstić information content (AvgIpc) is 2.73. The van der Waals surface area contributed by atoms with E-state index in [1.807, 2.05) is 0 Å². The minimum atomic E-state index is -0.545. The molecule has 20 heavy (non-hydrogen) atoms. The van der Waals surface area contributed by atoms with Gasteiger partial charge in [0.05, 0.1) is 12.1 Å². The standard InChI is InChI=1S/C13H13FN4O2/c1-8-11(13(20)18-16-8)6-12(19)17-15-7-9-2-4-10(14)5-3-9/h2-5,7,11H,6H2,1H3,(H,17,19)(H,18,20). The van der Waals surface area contributed by atoms with Gasteiger partial charge < -0.3 is 0 Å². The van der Waals surface area contributed by atoms with Gasteiger partial charge in [0.1, 0.15) is 5.82 Å². The molecule has 6 nitrogen and oxygen atoms in total. The Kier molecular flexibility index (Phi) is 4.19. The van der Waals surface area contributed by atoms with Crippen molar-refractivity contribution in [3.05, 3.63) is 35.6 Å². The van der Waals surface area contributed by atoms with E-state index in [-0.39, 0.29) is 24.1 Å². The summed E-state index contributed by atoms with van der Waals surface area (Å²) in [6, 6.07) is 5.66. The van der Waals surface area contributed by atoms with Gasteiger partial charge in [-0.2, -0.15) is 10.2 Å². The number of hydrazone groups is 2. The quantitative estimate of drug-likeness (QED) is 0.629. The van der Waals surface area contributed by atoms with E-state index in [2.05, 4.69) is 21.1 Å². The lowest BCUT2D eigenvalue weighted by atomic mass is 10.0. The van der Waals surface area contributed by atoms with Crippen LogP contribution in [0.4, 0.5) is 4.39 Å². The Hall–Kier alpha value is -2.57. The van der Waals surface area contributed by atoms with Crippen molar-refractivity contribution in [2.24, 2.45) is 16.1 Å². The van der Waals surface area contributed by atoms with E-state index < -0.39 is 5.92 Å². The molecule has 0 fully saturated rings. The Morgan fingerprint density at radius 2 is 2.20 bits per heavy atom. The molecule has 0 aromatic heterocycles. The van der Waals surface area contributed by atoms with Gasteiger partial charge in [-0.3, -0.25) is 9.59 Å². The monoisotopic (exact) mass is 276 g/mol. The Bertz CT molecular complexity index is 581. The lowest BCUT2D eigenvalue weighted by Gasteiger charge is -2.05. The maximum atomic E-state index is 12.7. The van der Waals surface area contributed by atoms with Crippen LogP contribution in [-0.2, 0) is 9.59 Å². The number of carbonyl (C=O) groups excluding carboxylic acids is 2. The van der Waals surface area contributed by atoms with E-state index in [9.17, 15) is 14.0 Å². The highest BCUT2D eigenvalue weighted by atomic mass is 19.1. The molecular formula is C13H13FN4O2. The molecule has 104 valence electrons. The fraction of sp³-hybridized carbons (Fsp3) is 0.231. The topological polar surface area (TPSA) is 82.9 Å². The predicted octanol–water partition coefficient (Wildman–Crippen LogP) is 0.788. The van der Waals surface area contributed by atoms with Gasteiger partial charge in [-0.15, -0.1) is 0 Å². The second kappa shape index (κ2) is 6.05. The van der Waals surface area contributed by atoms with Crippen molar-refractivity contribution in [2.75, 3.05) is 0 Å². The highest BCUT2D eigenvalue weighted by Crippen LogP contribution is 2.11. The number of rotatable bonds is 4. The molecule has 2 N–H and O–H groups in total. The smallest absolute Gasteiger partial charge is 0.249 e. The number of nitrogens with zero attached hydrogens (tertiary/aromatic N) is 2. The van der Waals surface area contributed by atoms with Crippen LogP contribution in [0.5, 0.6) is 0 Å². The van der Waals surface area contributed by atoms with Gasteiger partial charge in [0, 0.05) is 12.1 Å². The van der Waals surface area contributed by atoms with E-state index in [4.69, 9.17) is 0 Å². The SMILES string of the molecule is CC1=NNC(=O)C1CC(=O)NN=Cc1ccc(F)cc1. The summed E-state index contributed by atoms with van der Waals surface area (Å²) < 4.78 is 12.7. The molecule has 1 heterocycles. The molecule has 0 aliphatic carbocycles. The van der Waals surface area contributed by atoms with E-state index in [0.717, 1.165) is 0 Å². The Labute approximate surface area is 114 Å². The van der Waals surface area contributed by atoms with Crippen molar-refractivity contribution in [2.45, 2.75) is 13.3 Å². The van der Waals surface area contributed by atoms with Gasteiger partial charge in [0.15, 0.2) is 0 Å². The van der Waals surface area contributed by atoms with Crippen LogP contribution in [-0.4, -0.2) is 23.7 Å². The average molecular weight is 276 g/mol. The number of benzene rings is 1. The zero-order valence-corrected chi connectivity index (χ0v) is 10.8. The molecule has 1 unspecified atom stereocenters. The molecule has 1 atom stereocenters. The molecule has 1 aromatic rings. The molecule has 0 saturated heterocycles. The largest absolute Gasteiger partial charge is 0.273 e. The molecule has 2 amide bonds. The molecule has 0 radical (unpaired) electrons. The summed E-state index contributed by atoms with van der Waals surface area (Å²) in [7, 11) is 0. The number of carbonyl (C=O) groups is 2. The van der Waals surface area contributed by atoms with Crippen LogP contribution in [0.15, 0.2) is 34.5 Å². The van der Waals surface area contributed by atoms with Gasteiger partial charge in [0.25, 0.3) is 0 Å². The second-order valence-corrected chi connectivity index (χ2v) is 4.33. The first-order valence-corrected chi connectivity index (χ1v) is 5.98. The second-order valence-electron chi connectivity index (χ2n) is 4.33. The van der Waals surface area contributed by atoms with Gasteiger partial charge in [0.2, 0.25) is 11.8 Å². The third-order valence-corrected chi connectivity index (χ3v) is 2.83. The first kappa shape index (κ1) is 13.9. The van der Waals surface area contributed by atoms with Crippen LogP contribution < -0.4 is 10.9 Å². The number of nitrogens with one attached hydrogen (secondary N) is 2. The summed E-state index contributed by atoms with van der Waals surface area (Å²) in [6.07, 6.45) is 1.38. The molecule has 2 rings (SSSR count). The number of halogens is 1. The first-order valence-electron chi connectivity index (χ1n) is 5.98. The summed E-state index contributed by atoms with van der Waals surface area (Å²) in [6.45, 7) is 1.68. The van der Waals surface area contributed by atoms with Crippen LogP contribution in [0.25, 0.3) is 0 Å². The Balaban J connectivity index is 1.85. The highest BCUT2D eigenvalue weighted by molar-refractivity contribution is 6.09. The molecule has 7 heteroatoms. The van der Waals surface area contributed by atoms with Crippen molar-refractivity contribution in [3.63, 3.8) is 0 Å². The number of amides is 2. The Morgan fingerprint density at radius 3 is 2.80 bits per heavy atom. The van der Waals surface area contributed by atoms with Crippen LogP contribution in [0.1, 0.15) is 18.9 Å². The van der Waals surface area contributed by atoms with Crippen molar-refractivity contribution in [3.8, 4) is 0 Å². The normalized spacial score (nSPS) is 18.0. The molecule has 1 aromatic carbocycles. The zero-order chi connectivity index (χ0) is 14.5. The third kappa shape index (κ3) is 3.47. The summed E-state index contributed by atoms with van der Waals surface area (Å²) in [5.41, 5.74) is 5.85. The van der Waals surface area contributed by atoms with Crippen LogP contribution >= 0.6 is 0 Å². The van der Waals surface area contributed by atoms with Crippen molar-refractivity contribution >= 4 is 23.7 Å². The summed E-state index contributed by atoms with van der Waals surface area (Å²) in [5, 5.41) is 7.50.